The van der Waals surface area contributed by atoms with Crippen molar-refractivity contribution in [2.24, 2.45) is 5.92 Å². The van der Waals surface area contributed by atoms with Crippen molar-refractivity contribution in [3.63, 3.8) is 0 Å². The summed E-state index contributed by atoms with van der Waals surface area (Å²) in [6.07, 6.45) is 4.65. The van der Waals surface area contributed by atoms with Crippen LogP contribution in [0.4, 0.5) is 11.4 Å². The Kier molecular flexibility index (Phi) is 5.97. The van der Waals surface area contributed by atoms with E-state index in [9.17, 15) is 14.9 Å². The molecule has 8 nitrogen and oxygen atoms in total. The van der Waals surface area contributed by atoms with E-state index >= 15 is 0 Å². The van der Waals surface area contributed by atoms with Gasteiger partial charge >= 0.3 is 0 Å². The number of piperidine rings is 1. The molecule has 4 rings (SSSR count). The summed E-state index contributed by atoms with van der Waals surface area (Å²) < 4.78 is 5.15. The Balaban J connectivity index is 1.39. The van der Waals surface area contributed by atoms with E-state index in [1.54, 1.807) is 19.4 Å². The van der Waals surface area contributed by atoms with Gasteiger partial charge in [0, 0.05) is 55.1 Å². The maximum atomic E-state index is 12.6. The normalized spacial score (nSPS) is 14.4. The second-order valence-corrected chi connectivity index (χ2v) is 7.61. The van der Waals surface area contributed by atoms with Crippen molar-refractivity contribution in [2.45, 2.75) is 19.4 Å². The molecule has 0 radical (unpaired) electrons. The Bertz CT molecular complexity index is 1090. The molecule has 0 aliphatic carbocycles. The first kappa shape index (κ1) is 20.6. The van der Waals surface area contributed by atoms with Gasteiger partial charge in [-0.2, -0.15) is 0 Å². The topological polar surface area (TPSA) is 97.6 Å². The number of fused-ring (bicyclic) bond motifs is 1. The van der Waals surface area contributed by atoms with Gasteiger partial charge < -0.3 is 15.0 Å². The summed E-state index contributed by atoms with van der Waals surface area (Å²) in [5.41, 5.74) is 2.03. The molecule has 1 amide bonds. The van der Waals surface area contributed by atoms with Gasteiger partial charge in [0.2, 0.25) is 5.91 Å². The molecule has 2 aromatic carbocycles. The molecule has 0 unspecified atom stereocenters. The molecule has 2 heterocycles. The third-order valence-corrected chi connectivity index (χ3v) is 5.80. The molecule has 8 heteroatoms. The summed E-state index contributed by atoms with van der Waals surface area (Å²) in [5, 5.41) is 15.7. The van der Waals surface area contributed by atoms with Crippen LogP contribution in [0.15, 0.2) is 54.9 Å². The highest BCUT2D eigenvalue weighted by Crippen LogP contribution is 2.34. The van der Waals surface area contributed by atoms with Gasteiger partial charge in [0.1, 0.15) is 5.75 Å². The minimum absolute atomic E-state index is 0.0412. The standard InChI is InChI=1S/C23H24N4O4/c1-31-18-4-2-16(3-5-18)14-25-23(28)17-9-12-26(13-10-17)21-6-7-22(27(29)30)20-15-24-11-8-19(20)21/h2-8,11,15,17H,9-10,12-14H2,1H3,(H,25,28). The van der Waals surface area contributed by atoms with Crippen LogP contribution in [0.5, 0.6) is 5.75 Å². The highest BCUT2D eigenvalue weighted by atomic mass is 16.6. The quantitative estimate of drug-likeness (QED) is 0.483. The van der Waals surface area contributed by atoms with Crippen molar-refractivity contribution in [3.8, 4) is 5.75 Å². The molecule has 31 heavy (non-hydrogen) atoms. The highest BCUT2D eigenvalue weighted by Gasteiger charge is 2.26. The number of rotatable bonds is 6. The summed E-state index contributed by atoms with van der Waals surface area (Å²) >= 11 is 0. The van der Waals surface area contributed by atoms with Crippen LogP contribution in [0.3, 0.4) is 0 Å². The summed E-state index contributed by atoms with van der Waals surface area (Å²) in [5.74, 6) is 0.811. The second-order valence-electron chi connectivity index (χ2n) is 7.61. The average Bonchev–Trinajstić information content (AvgIpc) is 2.82. The molecule has 0 spiro atoms. The number of nitrogens with one attached hydrogen (secondary N) is 1. The van der Waals surface area contributed by atoms with Gasteiger partial charge in [0.05, 0.1) is 17.4 Å². The number of benzene rings is 2. The smallest absolute Gasteiger partial charge is 0.278 e. The Morgan fingerprint density at radius 2 is 1.90 bits per heavy atom. The summed E-state index contributed by atoms with van der Waals surface area (Å²) in [6, 6.07) is 12.8. The first-order chi connectivity index (χ1) is 15.1. The van der Waals surface area contributed by atoms with Gasteiger partial charge in [-0.1, -0.05) is 12.1 Å². The van der Waals surface area contributed by atoms with Gasteiger partial charge in [0.15, 0.2) is 0 Å². The van der Waals surface area contributed by atoms with Crippen LogP contribution in [-0.4, -0.2) is 36.0 Å². The molecular formula is C23H24N4O4. The lowest BCUT2D eigenvalue weighted by atomic mass is 9.94. The number of hydrogen-bond acceptors (Lipinski definition) is 6. The predicted octanol–water partition coefficient (Wildman–Crippen LogP) is 3.68. The Morgan fingerprint density at radius 1 is 1.16 bits per heavy atom. The molecule has 3 aromatic rings. The van der Waals surface area contributed by atoms with Gasteiger partial charge in [-0.3, -0.25) is 19.9 Å². The lowest BCUT2D eigenvalue weighted by Gasteiger charge is -2.33. The number of nitro groups is 1. The number of aromatic nitrogens is 1. The summed E-state index contributed by atoms with van der Waals surface area (Å²) in [7, 11) is 1.62. The molecule has 160 valence electrons. The van der Waals surface area contributed by atoms with Crippen LogP contribution in [0, 0.1) is 16.0 Å². The van der Waals surface area contributed by atoms with Crippen molar-refractivity contribution >= 4 is 28.1 Å². The van der Waals surface area contributed by atoms with Crippen molar-refractivity contribution in [1.29, 1.82) is 0 Å². The van der Waals surface area contributed by atoms with E-state index in [4.69, 9.17) is 4.74 Å². The van der Waals surface area contributed by atoms with Crippen LogP contribution >= 0.6 is 0 Å². The number of carbonyl (C=O) groups excluding carboxylic acids is 1. The largest absolute Gasteiger partial charge is 0.497 e. The minimum Gasteiger partial charge on any atom is -0.497 e. The molecule has 1 aliphatic heterocycles. The molecule has 0 saturated carbocycles. The number of pyridine rings is 1. The van der Waals surface area contributed by atoms with E-state index in [2.05, 4.69) is 15.2 Å². The highest BCUT2D eigenvalue weighted by molar-refractivity contribution is 5.99. The number of ether oxygens (including phenoxy) is 1. The van der Waals surface area contributed by atoms with Crippen molar-refractivity contribution in [3.05, 3.63) is 70.5 Å². The first-order valence-electron chi connectivity index (χ1n) is 10.2. The molecule has 1 N–H and O–H groups in total. The maximum absolute atomic E-state index is 12.6. The van der Waals surface area contributed by atoms with E-state index in [0.717, 1.165) is 48.3 Å². The number of nitrogens with zero attached hydrogens (tertiary/aromatic N) is 3. The molecule has 1 saturated heterocycles. The Labute approximate surface area is 180 Å². The van der Waals surface area contributed by atoms with E-state index in [1.807, 2.05) is 30.3 Å². The van der Waals surface area contributed by atoms with E-state index in [-0.39, 0.29) is 22.4 Å². The fraction of sp³-hybridized carbons (Fsp3) is 0.304. The summed E-state index contributed by atoms with van der Waals surface area (Å²) in [6.45, 7) is 1.93. The number of nitro benzene ring substituents is 1. The third kappa shape index (κ3) is 4.42. The molecule has 0 bridgehead atoms. The van der Waals surface area contributed by atoms with Crippen molar-refractivity contribution in [2.75, 3.05) is 25.1 Å². The Hall–Kier alpha value is -3.68. The van der Waals surface area contributed by atoms with E-state index in [0.29, 0.717) is 11.9 Å². The third-order valence-electron chi connectivity index (χ3n) is 5.80. The molecule has 1 fully saturated rings. The van der Waals surface area contributed by atoms with Crippen LogP contribution < -0.4 is 15.0 Å². The number of carbonyl (C=O) groups is 1. The number of hydrogen-bond donors (Lipinski definition) is 1. The fourth-order valence-corrected chi connectivity index (χ4v) is 4.05. The zero-order valence-corrected chi connectivity index (χ0v) is 17.3. The van der Waals surface area contributed by atoms with Crippen molar-refractivity contribution < 1.29 is 14.5 Å². The van der Waals surface area contributed by atoms with E-state index in [1.165, 1.54) is 12.3 Å². The first-order valence-corrected chi connectivity index (χ1v) is 10.2. The predicted molar refractivity (Wildman–Crippen MR) is 118 cm³/mol. The SMILES string of the molecule is COc1ccc(CNC(=O)C2CCN(c3ccc([N+](=O)[O-])c4cnccc34)CC2)cc1. The van der Waals surface area contributed by atoms with Crippen LogP contribution in [-0.2, 0) is 11.3 Å². The molecule has 0 atom stereocenters. The summed E-state index contributed by atoms with van der Waals surface area (Å²) in [4.78, 5) is 29.8. The van der Waals surface area contributed by atoms with Crippen LogP contribution in [0.1, 0.15) is 18.4 Å². The van der Waals surface area contributed by atoms with Crippen LogP contribution in [0.25, 0.3) is 10.8 Å². The van der Waals surface area contributed by atoms with Crippen molar-refractivity contribution in [1.82, 2.24) is 10.3 Å². The zero-order chi connectivity index (χ0) is 21.8. The average molecular weight is 420 g/mol. The number of non-ortho nitro benzene ring substituents is 1. The molecule has 1 aliphatic rings. The van der Waals surface area contributed by atoms with Gasteiger partial charge in [-0.05, 0) is 42.7 Å². The minimum atomic E-state index is -0.382. The second kappa shape index (κ2) is 8.99. The zero-order valence-electron chi connectivity index (χ0n) is 17.3. The molecular weight excluding hydrogens is 396 g/mol. The Morgan fingerprint density at radius 3 is 2.58 bits per heavy atom. The number of methoxy groups -OCH3 is 1. The van der Waals surface area contributed by atoms with Gasteiger partial charge in [-0.25, -0.2) is 0 Å². The molecule has 1 aromatic heterocycles. The lowest BCUT2D eigenvalue weighted by Crippen LogP contribution is -2.40. The van der Waals surface area contributed by atoms with E-state index < -0.39 is 0 Å². The maximum Gasteiger partial charge on any atom is 0.278 e. The van der Waals surface area contributed by atoms with Gasteiger partial charge in [0.25, 0.3) is 5.69 Å². The number of amides is 1. The van der Waals surface area contributed by atoms with Crippen LogP contribution in [0.2, 0.25) is 0 Å². The lowest BCUT2D eigenvalue weighted by molar-refractivity contribution is -0.383. The van der Waals surface area contributed by atoms with Gasteiger partial charge in [-0.15, -0.1) is 0 Å². The monoisotopic (exact) mass is 420 g/mol. The number of anilines is 1. The fourth-order valence-electron chi connectivity index (χ4n) is 4.05.